The van der Waals surface area contributed by atoms with Crippen molar-refractivity contribution < 1.29 is 15.0 Å². The summed E-state index contributed by atoms with van der Waals surface area (Å²) in [4.78, 5) is 11.3. The van der Waals surface area contributed by atoms with Gasteiger partial charge in [0, 0.05) is 6.42 Å². The Morgan fingerprint density at radius 1 is 1.07 bits per heavy atom. The number of primary amides is 1. The van der Waals surface area contributed by atoms with E-state index in [1.807, 2.05) is 0 Å². The van der Waals surface area contributed by atoms with E-state index in [1.54, 1.807) is 0 Å². The Kier molecular flexibility index (Phi) is 5.36. The number of carbonyl (C=O) groups excluding carboxylic acids is 1. The summed E-state index contributed by atoms with van der Waals surface area (Å²) < 4.78 is 0. The van der Waals surface area contributed by atoms with Gasteiger partial charge in [0.25, 0.3) is 0 Å². The fourth-order valence-corrected chi connectivity index (χ4v) is 8.73. The van der Waals surface area contributed by atoms with Gasteiger partial charge in [-0.15, -0.1) is 0 Å². The van der Waals surface area contributed by atoms with Crippen LogP contribution in [0.1, 0.15) is 85.0 Å². The van der Waals surface area contributed by atoms with E-state index in [1.165, 1.54) is 25.7 Å². The number of hydrogen-bond acceptors (Lipinski definition) is 3. The van der Waals surface area contributed by atoms with Gasteiger partial charge in [-0.2, -0.15) is 0 Å². The SMILES string of the molecule is C[C@H](CCC(N)=O)[C@H]1CC[C@H]2[C@@H]3CC[C@@H]4C[C@H](O)CC[C@]4(C)C3C[C@H](O)[C@]12C. The Bertz CT molecular complexity index is 609. The van der Waals surface area contributed by atoms with Crippen LogP contribution in [0, 0.1) is 46.3 Å². The second-order valence-electron chi connectivity index (χ2n) is 11.4. The van der Waals surface area contributed by atoms with E-state index < -0.39 is 0 Å². The quantitative estimate of drug-likeness (QED) is 0.680. The summed E-state index contributed by atoms with van der Waals surface area (Å²) in [6.45, 7) is 7.09. The average molecular weight is 392 g/mol. The van der Waals surface area contributed by atoms with Crippen molar-refractivity contribution in [1.82, 2.24) is 0 Å². The predicted molar refractivity (Wildman–Crippen MR) is 110 cm³/mol. The van der Waals surface area contributed by atoms with E-state index in [0.29, 0.717) is 41.4 Å². The Morgan fingerprint density at radius 3 is 2.54 bits per heavy atom. The van der Waals surface area contributed by atoms with Crippen molar-refractivity contribution in [3.8, 4) is 0 Å². The number of rotatable bonds is 4. The molecule has 0 aliphatic heterocycles. The van der Waals surface area contributed by atoms with Crippen LogP contribution in [0.5, 0.6) is 0 Å². The minimum atomic E-state index is -0.246. The van der Waals surface area contributed by atoms with Gasteiger partial charge in [-0.3, -0.25) is 4.79 Å². The Labute approximate surface area is 170 Å². The fraction of sp³-hybridized carbons (Fsp3) is 0.958. The van der Waals surface area contributed by atoms with Crippen LogP contribution < -0.4 is 5.73 Å². The summed E-state index contributed by atoms with van der Waals surface area (Å²) >= 11 is 0. The van der Waals surface area contributed by atoms with Gasteiger partial charge in [-0.05, 0) is 104 Å². The van der Waals surface area contributed by atoms with Crippen LogP contribution >= 0.6 is 0 Å². The number of aliphatic hydroxyl groups excluding tert-OH is 2. The highest BCUT2D eigenvalue weighted by molar-refractivity contribution is 5.73. The molecule has 1 unspecified atom stereocenters. The molecule has 28 heavy (non-hydrogen) atoms. The molecule has 4 rings (SSSR count). The van der Waals surface area contributed by atoms with Crippen LogP contribution in [0.4, 0.5) is 0 Å². The van der Waals surface area contributed by atoms with Crippen LogP contribution in [-0.4, -0.2) is 28.3 Å². The zero-order valence-corrected chi connectivity index (χ0v) is 18.1. The predicted octanol–water partition coefficient (Wildman–Crippen LogP) is 3.88. The van der Waals surface area contributed by atoms with Crippen molar-refractivity contribution in [2.24, 2.45) is 52.1 Å². The maximum atomic E-state index is 11.5. The third kappa shape index (κ3) is 3.05. The first kappa shape index (κ1) is 20.7. The first-order valence-corrected chi connectivity index (χ1v) is 11.8. The third-order valence-corrected chi connectivity index (χ3v) is 10.3. The van der Waals surface area contributed by atoms with Gasteiger partial charge in [-0.1, -0.05) is 20.8 Å². The average Bonchev–Trinajstić information content (AvgIpc) is 3.00. The first-order chi connectivity index (χ1) is 13.2. The summed E-state index contributed by atoms with van der Waals surface area (Å²) in [7, 11) is 0. The standard InChI is InChI=1S/C24H41NO3/c1-14(4-9-22(25)28)18-7-8-19-17-6-5-15-12-16(26)10-11-23(15,2)20(17)13-21(27)24(18,19)3/h14-21,26-27H,4-13H2,1-3H3,(H2,25,28)/t14-,15-,16-,17+,18-,19+,20?,21+,23+,24-/m1/s1. The summed E-state index contributed by atoms with van der Waals surface area (Å²) in [6.07, 6.45) is 9.82. The number of carbonyl (C=O) groups is 1. The Morgan fingerprint density at radius 2 is 1.82 bits per heavy atom. The maximum absolute atomic E-state index is 11.5. The van der Waals surface area contributed by atoms with Crippen LogP contribution in [0.25, 0.3) is 0 Å². The molecule has 0 bridgehead atoms. The van der Waals surface area contributed by atoms with E-state index in [4.69, 9.17) is 5.73 Å². The molecule has 0 radical (unpaired) electrons. The van der Waals surface area contributed by atoms with Gasteiger partial charge >= 0.3 is 0 Å². The summed E-state index contributed by atoms with van der Waals surface area (Å²) in [5.41, 5.74) is 5.67. The van der Waals surface area contributed by atoms with Crippen molar-refractivity contribution in [1.29, 1.82) is 0 Å². The molecule has 4 N–H and O–H groups in total. The highest BCUT2D eigenvalue weighted by Gasteiger charge is 2.63. The van der Waals surface area contributed by atoms with E-state index >= 15 is 0 Å². The molecule has 0 spiro atoms. The molecule has 1 amide bonds. The minimum Gasteiger partial charge on any atom is -0.393 e. The topological polar surface area (TPSA) is 83.6 Å². The van der Waals surface area contributed by atoms with E-state index in [9.17, 15) is 15.0 Å². The molecule has 4 heteroatoms. The lowest BCUT2D eigenvalue weighted by molar-refractivity contribution is -0.174. The van der Waals surface area contributed by atoms with Gasteiger partial charge in [0.15, 0.2) is 0 Å². The molecule has 0 saturated heterocycles. The molecular weight excluding hydrogens is 350 g/mol. The zero-order valence-electron chi connectivity index (χ0n) is 18.1. The molecule has 4 aliphatic carbocycles. The van der Waals surface area contributed by atoms with Crippen LogP contribution in [-0.2, 0) is 4.79 Å². The lowest BCUT2D eigenvalue weighted by Gasteiger charge is -2.62. The van der Waals surface area contributed by atoms with Crippen LogP contribution in [0.3, 0.4) is 0 Å². The van der Waals surface area contributed by atoms with Crippen molar-refractivity contribution in [3.63, 3.8) is 0 Å². The van der Waals surface area contributed by atoms with Crippen molar-refractivity contribution in [3.05, 3.63) is 0 Å². The van der Waals surface area contributed by atoms with Crippen LogP contribution in [0.2, 0.25) is 0 Å². The Hall–Kier alpha value is -0.610. The lowest BCUT2D eigenvalue weighted by atomic mass is 9.43. The molecule has 0 heterocycles. The molecule has 4 aliphatic rings. The molecular formula is C24H41NO3. The normalized spacial score (nSPS) is 51.7. The largest absolute Gasteiger partial charge is 0.393 e. The number of amides is 1. The Balaban J connectivity index is 1.56. The van der Waals surface area contributed by atoms with Gasteiger partial charge < -0.3 is 15.9 Å². The van der Waals surface area contributed by atoms with Gasteiger partial charge in [0.05, 0.1) is 12.2 Å². The van der Waals surface area contributed by atoms with Crippen molar-refractivity contribution >= 4 is 5.91 Å². The van der Waals surface area contributed by atoms with Crippen molar-refractivity contribution in [2.45, 2.75) is 97.2 Å². The summed E-state index contributed by atoms with van der Waals surface area (Å²) in [6, 6.07) is 0. The molecule has 0 aromatic rings. The first-order valence-electron chi connectivity index (χ1n) is 11.8. The number of fused-ring (bicyclic) bond motifs is 5. The number of aliphatic hydroxyl groups is 2. The highest BCUT2D eigenvalue weighted by atomic mass is 16.3. The smallest absolute Gasteiger partial charge is 0.217 e. The van der Waals surface area contributed by atoms with Gasteiger partial charge in [0.2, 0.25) is 5.91 Å². The zero-order chi connectivity index (χ0) is 20.3. The molecule has 4 nitrogen and oxygen atoms in total. The van der Waals surface area contributed by atoms with E-state index in [-0.39, 0.29) is 23.5 Å². The van der Waals surface area contributed by atoms with E-state index in [2.05, 4.69) is 20.8 Å². The molecule has 0 aromatic heterocycles. The van der Waals surface area contributed by atoms with Gasteiger partial charge in [0.1, 0.15) is 0 Å². The third-order valence-electron chi connectivity index (χ3n) is 10.3. The second kappa shape index (κ2) is 7.27. The molecule has 160 valence electrons. The maximum Gasteiger partial charge on any atom is 0.217 e. The lowest BCUT2D eigenvalue weighted by Crippen LogP contribution is -2.58. The van der Waals surface area contributed by atoms with E-state index in [0.717, 1.165) is 38.0 Å². The fourth-order valence-electron chi connectivity index (χ4n) is 8.73. The van der Waals surface area contributed by atoms with Gasteiger partial charge in [-0.25, -0.2) is 0 Å². The molecule has 4 saturated carbocycles. The minimum absolute atomic E-state index is 0.0182. The summed E-state index contributed by atoms with van der Waals surface area (Å²) in [5.74, 6) is 3.27. The number of nitrogens with two attached hydrogens (primary N) is 1. The molecule has 4 fully saturated rings. The highest BCUT2D eigenvalue weighted by Crippen LogP contribution is 2.68. The second-order valence-corrected chi connectivity index (χ2v) is 11.4. The van der Waals surface area contributed by atoms with Crippen LogP contribution in [0.15, 0.2) is 0 Å². The van der Waals surface area contributed by atoms with Crippen molar-refractivity contribution in [2.75, 3.05) is 0 Å². The number of hydrogen-bond donors (Lipinski definition) is 3. The monoisotopic (exact) mass is 391 g/mol. The molecule has 10 atom stereocenters. The molecule has 0 aromatic carbocycles. The summed E-state index contributed by atoms with van der Waals surface area (Å²) in [5, 5.41) is 21.7.